The van der Waals surface area contributed by atoms with Gasteiger partial charge in [0, 0.05) is 28.1 Å². The van der Waals surface area contributed by atoms with E-state index in [1.807, 2.05) is 0 Å². The third-order valence-electron chi connectivity index (χ3n) is 2.93. The van der Waals surface area contributed by atoms with Crippen LogP contribution in [0, 0.1) is 10.1 Å². The van der Waals surface area contributed by atoms with Gasteiger partial charge in [-0.3, -0.25) is 10.1 Å². The summed E-state index contributed by atoms with van der Waals surface area (Å²) in [5.41, 5.74) is 1.06. The van der Waals surface area contributed by atoms with Crippen molar-refractivity contribution in [3.63, 3.8) is 0 Å². The van der Waals surface area contributed by atoms with E-state index in [0.29, 0.717) is 27.3 Å². The number of benzene rings is 2. The van der Waals surface area contributed by atoms with Crippen molar-refractivity contribution < 1.29 is 4.92 Å². The Kier molecular flexibility index (Phi) is 3.45. The summed E-state index contributed by atoms with van der Waals surface area (Å²) in [6.45, 7) is 0. The van der Waals surface area contributed by atoms with Gasteiger partial charge >= 0.3 is 0 Å². The first-order valence-corrected chi connectivity index (χ1v) is 6.68. The normalized spacial score (nSPS) is 10.8. The highest BCUT2D eigenvalue weighted by Crippen LogP contribution is 2.28. The van der Waals surface area contributed by atoms with Gasteiger partial charge < -0.3 is 0 Å². The molecule has 0 spiro atoms. The van der Waals surface area contributed by atoms with Crippen molar-refractivity contribution in [3.05, 3.63) is 62.8 Å². The molecule has 0 fully saturated rings. The van der Waals surface area contributed by atoms with Crippen LogP contribution in [0.15, 0.2) is 42.5 Å². The number of fused-ring (bicyclic) bond motifs is 1. The van der Waals surface area contributed by atoms with Crippen LogP contribution in [0.5, 0.6) is 0 Å². The summed E-state index contributed by atoms with van der Waals surface area (Å²) >= 11 is 12.1. The molecule has 3 aromatic rings. The predicted molar refractivity (Wildman–Crippen MR) is 81.6 cm³/mol. The second-order valence-corrected chi connectivity index (χ2v) is 5.10. The molecule has 0 amide bonds. The van der Waals surface area contributed by atoms with Crippen LogP contribution in [0.3, 0.4) is 0 Å². The summed E-state index contributed by atoms with van der Waals surface area (Å²) in [5, 5.41) is 12.2. The van der Waals surface area contributed by atoms with Gasteiger partial charge in [-0.05, 0) is 18.2 Å². The van der Waals surface area contributed by atoms with Crippen LogP contribution >= 0.6 is 23.2 Å². The second-order valence-electron chi connectivity index (χ2n) is 4.31. The molecule has 1 aromatic heterocycles. The lowest BCUT2D eigenvalue weighted by atomic mass is 10.2. The number of nitro groups is 1. The largest absolute Gasteiger partial charge is 0.271 e. The molecule has 5 nitrogen and oxygen atoms in total. The maximum absolute atomic E-state index is 10.8. The topological polar surface area (TPSA) is 68.9 Å². The quantitative estimate of drug-likeness (QED) is 0.396. The van der Waals surface area contributed by atoms with Gasteiger partial charge in [0.2, 0.25) is 0 Å². The Morgan fingerprint density at radius 1 is 1.05 bits per heavy atom. The van der Waals surface area contributed by atoms with Crippen molar-refractivity contribution in [1.82, 2.24) is 9.97 Å². The number of hydrogen-bond acceptors (Lipinski definition) is 4. The third-order valence-corrected chi connectivity index (χ3v) is 3.45. The molecule has 0 aliphatic carbocycles. The number of hydrogen-bond donors (Lipinski definition) is 0. The molecule has 1 heterocycles. The molecule has 0 unspecified atom stereocenters. The highest BCUT2D eigenvalue weighted by atomic mass is 35.5. The van der Waals surface area contributed by atoms with Crippen molar-refractivity contribution in [2.45, 2.75) is 0 Å². The Balaban J connectivity index is 2.23. The number of nitro benzene ring substituents is 1. The maximum Gasteiger partial charge on any atom is 0.271 e. The lowest BCUT2D eigenvalue weighted by Gasteiger charge is -2.05. The second kappa shape index (κ2) is 5.27. The van der Waals surface area contributed by atoms with Crippen LogP contribution < -0.4 is 0 Å². The molecular weight excluding hydrogens is 313 g/mol. The van der Waals surface area contributed by atoms with E-state index in [1.54, 1.807) is 24.3 Å². The fourth-order valence-corrected chi connectivity index (χ4v) is 2.38. The van der Waals surface area contributed by atoms with E-state index in [0.717, 1.165) is 0 Å². The monoisotopic (exact) mass is 319 g/mol. The molecule has 21 heavy (non-hydrogen) atoms. The zero-order valence-electron chi connectivity index (χ0n) is 10.5. The van der Waals surface area contributed by atoms with Crippen LogP contribution in [-0.4, -0.2) is 14.9 Å². The molecule has 0 saturated carbocycles. The van der Waals surface area contributed by atoms with Crippen molar-refractivity contribution in [2.24, 2.45) is 0 Å². The number of nitrogens with zero attached hydrogens (tertiary/aromatic N) is 3. The van der Waals surface area contributed by atoms with Gasteiger partial charge in [0.05, 0.1) is 10.4 Å². The smallest absolute Gasteiger partial charge is 0.258 e. The summed E-state index contributed by atoms with van der Waals surface area (Å²) < 4.78 is 0. The van der Waals surface area contributed by atoms with Gasteiger partial charge in [-0.2, -0.15) is 0 Å². The van der Waals surface area contributed by atoms with Crippen LogP contribution in [0.1, 0.15) is 0 Å². The molecule has 0 aliphatic heterocycles. The molecule has 0 radical (unpaired) electrons. The minimum atomic E-state index is -0.478. The lowest BCUT2D eigenvalue weighted by Crippen LogP contribution is -1.94. The van der Waals surface area contributed by atoms with Gasteiger partial charge in [0.25, 0.3) is 5.69 Å². The van der Waals surface area contributed by atoms with Crippen molar-refractivity contribution in [1.29, 1.82) is 0 Å². The molecule has 0 atom stereocenters. The van der Waals surface area contributed by atoms with E-state index in [1.165, 1.54) is 18.2 Å². The highest BCUT2D eigenvalue weighted by molar-refractivity contribution is 6.34. The summed E-state index contributed by atoms with van der Waals surface area (Å²) in [4.78, 5) is 18.9. The Bertz CT molecular complexity index is 868. The summed E-state index contributed by atoms with van der Waals surface area (Å²) in [7, 11) is 0. The Morgan fingerprint density at radius 2 is 1.86 bits per heavy atom. The molecule has 0 bridgehead atoms. The third kappa shape index (κ3) is 2.66. The Morgan fingerprint density at radius 3 is 2.57 bits per heavy atom. The first kappa shape index (κ1) is 13.7. The molecule has 3 rings (SSSR count). The van der Waals surface area contributed by atoms with E-state index in [4.69, 9.17) is 23.2 Å². The Hall–Kier alpha value is -2.24. The van der Waals surface area contributed by atoms with Crippen molar-refractivity contribution in [3.8, 4) is 11.4 Å². The van der Waals surface area contributed by atoms with E-state index < -0.39 is 4.92 Å². The average Bonchev–Trinajstić information content (AvgIpc) is 2.46. The van der Waals surface area contributed by atoms with Crippen LogP contribution in [0.2, 0.25) is 10.2 Å². The zero-order chi connectivity index (χ0) is 15.0. The summed E-state index contributed by atoms with van der Waals surface area (Å²) in [6.07, 6.45) is 0. The highest BCUT2D eigenvalue weighted by Gasteiger charge is 2.12. The molecule has 104 valence electrons. The average molecular weight is 320 g/mol. The van der Waals surface area contributed by atoms with Crippen molar-refractivity contribution in [2.75, 3.05) is 0 Å². The van der Waals surface area contributed by atoms with E-state index in [9.17, 15) is 10.1 Å². The lowest BCUT2D eigenvalue weighted by molar-refractivity contribution is -0.384. The minimum absolute atomic E-state index is 0.0469. The molecule has 2 aromatic carbocycles. The van der Waals surface area contributed by atoms with Gasteiger partial charge in [-0.1, -0.05) is 35.3 Å². The first-order valence-electron chi connectivity index (χ1n) is 5.92. The van der Waals surface area contributed by atoms with E-state index in [-0.39, 0.29) is 10.8 Å². The van der Waals surface area contributed by atoms with Crippen LogP contribution in [-0.2, 0) is 0 Å². The van der Waals surface area contributed by atoms with Crippen molar-refractivity contribution >= 4 is 39.8 Å². The van der Waals surface area contributed by atoms with Gasteiger partial charge in [-0.15, -0.1) is 0 Å². The number of non-ortho nitro benzene ring substituents is 1. The Labute approximate surface area is 129 Å². The molecule has 0 saturated heterocycles. The molecule has 0 N–H and O–H groups in total. The fourth-order valence-electron chi connectivity index (χ4n) is 1.95. The standard InChI is InChI=1S/C14H7Cl2N3O2/c15-9-3-1-2-8(6-9)14-17-12-7-10(19(20)21)4-5-11(12)13(16)18-14/h1-7H. The molecule has 7 heteroatoms. The van der Waals surface area contributed by atoms with Crippen LogP contribution in [0.25, 0.3) is 22.3 Å². The SMILES string of the molecule is O=[N+]([O-])c1ccc2c(Cl)nc(-c3cccc(Cl)c3)nc2c1. The van der Waals surface area contributed by atoms with Crippen LogP contribution in [0.4, 0.5) is 5.69 Å². The number of rotatable bonds is 2. The predicted octanol–water partition coefficient (Wildman–Crippen LogP) is 4.51. The first-order chi connectivity index (χ1) is 10.0. The number of halogens is 2. The zero-order valence-corrected chi connectivity index (χ0v) is 12.0. The number of aromatic nitrogens is 2. The fraction of sp³-hybridized carbons (Fsp3) is 0. The summed E-state index contributed by atoms with van der Waals surface area (Å²) in [6, 6.07) is 11.3. The summed E-state index contributed by atoms with van der Waals surface area (Å²) in [5.74, 6) is 0.371. The molecule has 0 aliphatic rings. The molecular formula is C14H7Cl2N3O2. The van der Waals surface area contributed by atoms with Gasteiger partial charge in [-0.25, -0.2) is 9.97 Å². The van der Waals surface area contributed by atoms with Gasteiger partial charge in [0.15, 0.2) is 5.82 Å². The van der Waals surface area contributed by atoms with E-state index >= 15 is 0 Å². The minimum Gasteiger partial charge on any atom is -0.258 e. The van der Waals surface area contributed by atoms with E-state index in [2.05, 4.69) is 9.97 Å². The maximum atomic E-state index is 10.8. The van der Waals surface area contributed by atoms with Gasteiger partial charge in [0.1, 0.15) is 5.15 Å².